The first kappa shape index (κ1) is 21.7. The third kappa shape index (κ3) is 5.55. The zero-order valence-electron chi connectivity index (χ0n) is 16.2. The van der Waals surface area contributed by atoms with Crippen molar-refractivity contribution in [1.82, 2.24) is 5.43 Å². The SMILES string of the molecule is Cc1ccc(N(CC(=O)N/N=C\c2ccc(Br)cc2)S(=O)(=O)c2ccccc2)cc1. The van der Waals surface area contributed by atoms with Gasteiger partial charge in [0.15, 0.2) is 0 Å². The topological polar surface area (TPSA) is 78.8 Å². The molecule has 0 aliphatic rings. The lowest BCUT2D eigenvalue weighted by molar-refractivity contribution is -0.119. The van der Waals surface area contributed by atoms with Crippen LogP contribution in [-0.2, 0) is 14.8 Å². The van der Waals surface area contributed by atoms with Gasteiger partial charge in [-0.15, -0.1) is 0 Å². The first-order valence-electron chi connectivity index (χ1n) is 9.08. The largest absolute Gasteiger partial charge is 0.271 e. The second kappa shape index (κ2) is 9.69. The molecule has 0 aromatic heterocycles. The van der Waals surface area contributed by atoms with E-state index in [4.69, 9.17) is 0 Å². The second-order valence-electron chi connectivity index (χ2n) is 6.51. The molecule has 0 saturated carbocycles. The number of hydrazone groups is 1. The minimum atomic E-state index is -3.93. The molecule has 0 unspecified atom stereocenters. The van der Waals surface area contributed by atoms with Crippen LogP contribution in [0.3, 0.4) is 0 Å². The molecule has 3 rings (SSSR count). The predicted octanol–water partition coefficient (Wildman–Crippen LogP) is 4.10. The molecular weight excluding hydrogens is 466 g/mol. The van der Waals surface area contributed by atoms with Gasteiger partial charge in [-0.1, -0.05) is 64.0 Å². The summed E-state index contributed by atoms with van der Waals surface area (Å²) in [5.41, 5.74) is 4.58. The average molecular weight is 486 g/mol. The summed E-state index contributed by atoms with van der Waals surface area (Å²) >= 11 is 3.35. The van der Waals surface area contributed by atoms with E-state index in [9.17, 15) is 13.2 Å². The van der Waals surface area contributed by atoms with Crippen molar-refractivity contribution in [2.75, 3.05) is 10.8 Å². The highest BCUT2D eigenvalue weighted by molar-refractivity contribution is 9.10. The number of hydrogen-bond donors (Lipinski definition) is 1. The van der Waals surface area contributed by atoms with E-state index in [1.807, 2.05) is 31.2 Å². The number of anilines is 1. The average Bonchev–Trinajstić information content (AvgIpc) is 2.75. The lowest BCUT2D eigenvalue weighted by Gasteiger charge is -2.23. The van der Waals surface area contributed by atoms with E-state index in [1.54, 1.807) is 42.5 Å². The fraction of sp³-hybridized carbons (Fsp3) is 0.0909. The van der Waals surface area contributed by atoms with E-state index in [2.05, 4.69) is 26.5 Å². The number of sulfonamides is 1. The van der Waals surface area contributed by atoms with Crippen LogP contribution in [0.1, 0.15) is 11.1 Å². The van der Waals surface area contributed by atoms with Crippen molar-refractivity contribution in [3.8, 4) is 0 Å². The summed E-state index contributed by atoms with van der Waals surface area (Å²) in [6.07, 6.45) is 1.49. The molecule has 0 saturated heterocycles. The molecule has 154 valence electrons. The summed E-state index contributed by atoms with van der Waals surface area (Å²) in [7, 11) is -3.93. The number of amides is 1. The Kier molecular flexibility index (Phi) is 7.02. The molecule has 3 aromatic carbocycles. The van der Waals surface area contributed by atoms with E-state index in [0.29, 0.717) is 5.69 Å². The van der Waals surface area contributed by atoms with Crippen LogP contribution < -0.4 is 9.73 Å². The number of rotatable bonds is 7. The Morgan fingerprint density at radius 1 is 1.00 bits per heavy atom. The molecule has 0 bridgehead atoms. The van der Waals surface area contributed by atoms with E-state index < -0.39 is 22.5 Å². The van der Waals surface area contributed by atoms with Crippen LogP contribution in [0.2, 0.25) is 0 Å². The molecule has 8 heteroatoms. The van der Waals surface area contributed by atoms with E-state index in [0.717, 1.165) is 19.9 Å². The summed E-state index contributed by atoms with van der Waals surface area (Å²) in [6, 6.07) is 22.3. The van der Waals surface area contributed by atoms with Gasteiger partial charge in [-0.25, -0.2) is 13.8 Å². The molecule has 0 aliphatic heterocycles. The minimum Gasteiger partial charge on any atom is -0.271 e. The number of carbonyl (C=O) groups is 1. The third-order valence-corrected chi connectivity index (χ3v) is 6.53. The monoisotopic (exact) mass is 485 g/mol. The van der Waals surface area contributed by atoms with Crippen LogP contribution in [0.4, 0.5) is 5.69 Å². The number of carbonyl (C=O) groups excluding carboxylic acids is 1. The molecule has 0 spiro atoms. The third-order valence-electron chi connectivity index (χ3n) is 4.21. The highest BCUT2D eigenvalue weighted by atomic mass is 79.9. The summed E-state index contributed by atoms with van der Waals surface area (Å²) in [4.78, 5) is 12.6. The van der Waals surface area contributed by atoms with Gasteiger partial charge in [0.1, 0.15) is 6.54 Å². The van der Waals surface area contributed by atoms with E-state index in [1.165, 1.54) is 18.3 Å². The first-order chi connectivity index (χ1) is 14.4. The maximum atomic E-state index is 13.2. The summed E-state index contributed by atoms with van der Waals surface area (Å²) < 4.78 is 28.4. The van der Waals surface area contributed by atoms with Gasteiger partial charge in [0, 0.05) is 4.47 Å². The predicted molar refractivity (Wildman–Crippen MR) is 122 cm³/mol. The van der Waals surface area contributed by atoms with Gasteiger partial charge in [-0.2, -0.15) is 5.10 Å². The number of aryl methyl sites for hydroxylation is 1. The van der Waals surface area contributed by atoms with E-state index >= 15 is 0 Å². The maximum absolute atomic E-state index is 13.2. The zero-order chi connectivity index (χ0) is 21.6. The molecule has 3 aromatic rings. The van der Waals surface area contributed by atoms with Crippen molar-refractivity contribution in [3.63, 3.8) is 0 Å². The van der Waals surface area contributed by atoms with Gasteiger partial charge in [-0.3, -0.25) is 9.10 Å². The molecule has 0 radical (unpaired) electrons. The smallest absolute Gasteiger partial charge is 0.264 e. The van der Waals surface area contributed by atoms with Crippen molar-refractivity contribution >= 4 is 43.8 Å². The second-order valence-corrected chi connectivity index (χ2v) is 9.28. The molecule has 0 fully saturated rings. The maximum Gasteiger partial charge on any atom is 0.264 e. The summed E-state index contributed by atoms with van der Waals surface area (Å²) in [5, 5.41) is 3.93. The fourth-order valence-electron chi connectivity index (χ4n) is 2.64. The summed E-state index contributed by atoms with van der Waals surface area (Å²) in [6.45, 7) is 1.50. The Morgan fingerprint density at radius 3 is 2.27 bits per heavy atom. The van der Waals surface area contributed by atoms with Crippen LogP contribution in [0.25, 0.3) is 0 Å². The van der Waals surface area contributed by atoms with Crippen molar-refractivity contribution in [1.29, 1.82) is 0 Å². The Labute approximate surface area is 184 Å². The number of nitrogens with one attached hydrogen (secondary N) is 1. The standard InChI is InChI=1S/C22H20BrN3O3S/c1-17-7-13-20(14-8-17)26(30(28,29)21-5-3-2-4-6-21)16-22(27)25-24-15-18-9-11-19(23)12-10-18/h2-15H,16H2,1H3,(H,25,27)/b24-15-. The van der Waals surface area contributed by atoms with Gasteiger partial charge < -0.3 is 0 Å². The van der Waals surface area contributed by atoms with Crippen molar-refractivity contribution < 1.29 is 13.2 Å². The van der Waals surface area contributed by atoms with Gasteiger partial charge in [0.2, 0.25) is 0 Å². The number of nitrogens with zero attached hydrogens (tertiary/aromatic N) is 2. The van der Waals surface area contributed by atoms with Crippen LogP contribution in [0, 0.1) is 6.92 Å². The lowest BCUT2D eigenvalue weighted by atomic mass is 10.2. The Balaban J connectivity index is 1.81. The van der Waals surface area contributed by atoms with Crippen LogP contribution in [0.5, 0.6) is 0 Å². The van der Waals surface area contributed by atoms with Gasteiger partial charge >= 0.3 is 0 Å². The van der Waals surface area contributed by atoms with Gasteiger partial charge in [0.05, 0.1) is 16.8 Å². The van der Waals surface area contributed by atoms with Crippen LogP contribution in [-0.4, -0.2) is 27.1 Å². The molecule has 0 heterocycles. The zero-order valence-corrected chi connectivity index (χ0v) is 18.6. The van der Waals surface area contributed by atoms with Gasteiger partial charge in [-0.05, 0) is 48.9 Å². The Bertz CT molecular complexity index is 1130. The van der Waals surface area contributed by atoms with E-state index in [-0.39, 0.29) is 4.90 Å². The fourth-order valence-corrected chi connectivity index (χ4v) is 4.35. The number of benzene rings is 3. The van der Waals surface area contributed by atoms with Gasteiger partial charge in [0.25, 0.3) is 15.9 Å². The number of hydrogen-bond acceptors (Lipinski definition) is 4. The lowest BCUT2D eigenvalue weighted by Crippen LogP contribution is -2.39. The Morgan fingerprint density at radius 2 is 1.63 bits per heavy atom. The first-order valence-corrected chi connectivity index (χ1v) is 11.3. The molecule has 0 aliphatic carbocycles. The van der Waals surface area contributed by atoms with Crippen molar-refractivity contribution in [2.45, 2.75) is 11.8 Å². The normalized spacial score (nSPS) is 11.4. The molecule has 0 atom stereocenters. The van der Waals surface area contributed by atoms with Crippen molar-refractivity contribution in [2.24, 2.45) is 5.10 Å². The molecule has 1 amide bonds. The molecule has 30 heavy (non-hydrogen) atoms. The molecular formula is C22H20BrN3O3S. The highest BCUT2D eigenvalue weighted by Gasteiger charge is 2.26. The molecule has 6 nitrogen and oxygen atoms in total. The summed E-state index contributed by atoms with van der Waals surface area (Å²) in [5.74, 6) is -0.552. The Hall–Kier alpha value is -2.97. The van der Waals surface area contributed by atoms with Crippen LogP contribution in [0.15, 0.2) is 93.3 Å². The quantitative estimate of drug-likeness (QED) is 0.404. The molecule has 1 N–H and O–H groups in total. The van der Waals surface area contributed by atoms with Crippen molar-refractivity contribution in [3.05, 3.63) is 94.5 Å². The minimum absolute atomic E-state index is 0.108. The van der Waals surface area contributed by atoms with Crippen LogP contribution >= 0.6 is 15.9 Å². The highest BCUT2D eigenvalue weighted by Crippen LogP contribution is 2.23. The number of halogens is 1.